The molecular weight excluding hydrogens is 702 g/mol. The van der Waals surface area contributed by atoms with Crippen LogP contribution in [0.1, 0.15) is 100 Å². The molecule has 4 atom stereocenters. The molecule has 0 radical (unpaired) electrons. The van der Waals surface area contributed by atoms with Crippen molar-refractivity contribution in [3.63, 3.8) is 0 Å². The number of unbranched alkanes of at least 4 members (excludes halogenated alkanes) is 1. The number of carboxylic acid groups (broad SMARTS) is 1. The zero-order valence-corrected chi connectivity index (χ0v) is 30.3. The molecule has 2 aliphatic rings. The Morgan fingerprint density at radius 1 is 1.00 bits per heavy atom. The van der Waals surface area contributed by atoms with E-state index < -0.39 is 65.3 Å². The Morgan fingerprint density at radius 3 is 2.44 bits per heavy atom. The number of nitrogens with two attached hydrogens (primary N) is 1. The zero-order chi connectivity index (χ0) is 39.0. The van der Waals surface area contributed by atoms with Crippen molar-refractivity contribution in [2.45, 2.75) is 108 Å². The molecule has 0 spiro atoms. The topological polar surface area (TPSA) is 278 Å². The van der Waals surface area contributed by atoms with E-state index in [2.05, 4.69) is 41.2 Å². The Kier molecular flexibility index (Phi) is 12.8. The minimum atomic E-state index is -1.37. The number of pyridine rings is 1. The molecule has 7 N–H and O–H groups in total. The summed E-state index contributed by atoms with van der Waals surface area (Å²) in [6.45, 7) is 3.14. The second-order valence-electron chi connectivity index (χ2n) is 14.4. The van der Waals surface area contributed by atoms with Crippen LogP contribution in [0.4, 0.5) is 4.79 Å². The van der Waals surface area contributed by atoms with Gasteiger partial charge in [-0.15, -0.1) is 5.10 Å². The maximum absolute atomic E-state index is 14.7. The summed E-state index contributed by atoms with van der Waals surface area (Å²) in [4.78, 5) is 92.3. The lowest BCUT2D eigenvalue weighted by Gasteiger charge is -2.32. The van der Waals surface area contributed by atoms with Gasteiger partial charge in [-0.05, 0) is 57.6 Å². The third kappa shape index (κ3) is 9.88. The van der Waals surface area contributed by atoms with E-state index in [4.69, 9.17) is 10.8 Å². The molecule has 1 saturated heterocycles. The van der Waals surface area contributed by atoms with E-state index in [-0.39, 0.29) is 49.6 Å². The third-order valence-electron chi connectivity index (χ3n) is 9.95. The lowest BCUT2D eigenvalue weighted by Crippen LogP contribution is -2.56. The highest BCUT2D eigenvalue weighted by Gasteiger charge is 2.45. The van der Waals surface area contributed by atoms with Gasteiger partial charge in [0.05, 0.1) is 24.0 Å². The van der Waals surface area contributed by atoms with Crippen LogP contribution in [-0.4, -0.2) is 112 Å². The van der Waals surface area contributed by atoms with Gasteiger partial charge in [0.1, 0.15) is 28.9 Å². The Labute approximate surface area is 310 Å². The Morgan fingerprint density at radius 2 is 1.74 bits per heavy atom. The second kappa shape index (κ2) is 17.5. The van der Waals surface area contributed by atoms with Crippen molar-refractivity contribution in [1.82, 2.24) is 50.8 Å². The number of ketones is 1. The number of primary amides is 1. The highest BCUT2D eigenvalue weighted by molar-refractivity contribution is 6.37. The Hall–Kier alpha value is -5.59. The van der Waals surface area contributed by atoms with Gasteiger partial charge in [-0.25, -0.2) is 19.4 Å². The average Bonchev–Trinajstić information content (AvgIpc) is 3.82. The van der Waals surface area contributed by atoms with Crippen LogP contribution in [0.5, 0.6) is 0 Å². The number of aromatic nitrogens is 6. The van der Waals surface area contributed by atoms with Gasteiger partial charge in [0, 0.05) is 31.9 Å². The lowest BCUT2D eigenvalue weighted by molar-refractivity contribution is -0.142. The summed E-state index contributed by atoms with van der Waals surface area (Å²) in [5.74, 6) is -4.08. The molecule has 5 rings (SSSR count). The smallest absolute Gasteiger partial charge is 0.404 e. The quantitative estimate of drug-likeness (QED) is 0.0872. The van der Waals surface area contributed by atoms with Crippen LogP contribution in [0.2, 0.25) is 0 Å². The minimum absolute atomic E-state index is 0.000971. The van der Waals surface area contributed by atoms with Crippen molar-refractivity contribution in [2.75, 3.05) is 13.1 Å². The van der Waals surface area contributed by atoms with E-state index >= 15 is 0 Å². The average molecular weight is 750 g/mol. The summed E-state index contributed by atoms with van der Waals surface area (Å²) >= 11 is 0. The number of carbonyl (C=O) groups is 6. The van der Waals surface area contributed by atoms with Gasteiger partial charge in [-0.3, -0.25) is 29.0 Å². The monoisotopic (exact) mass is 749 g/mol. The number of likely N-dealkylation sites (tertiary alicyclic amines) is 1. The van der Waals surface area contributed by atoms with E-state index in [9.17, 15) is 33.9 Å². The second-order valence-corrected chi connectivity index (χ2v) is 14.4. The molecule has 1 saturated carbocycles. The Balaban J connectivity index is 1.44. The number of carbonyl (C=O) groups excluding carboxylic acids is 5. The van der Waals surface area contributed by atoms with Crippen LogP contribution in [0.15, 0.2) is 30.7 Å². The molecule has 5 amide bonds. The maximum Gasteiger partial charge on any atom is 0.404 e. The summed E-state index contributed by atoms with van der Waals surface area (Å²) in [6.07, 6.45) is 8.77. The SMILES string of the molecule is CC(C)(O)c1cnnn1[C@H]1C[C@@H](C(=O)NC(CCCCNC(=O)O)C(=O)C(N)=O)N(C(=O)[C@@H](CC2CCCCC2)NC(=O)c2ccc3nccnc3n2)C1. The fourth-order valence-electron chi connectivity index (χ4n) is 7.20. The van der Waals surface area contributed by atoms with E-state index in [1.54, 1.807) is 19.9 Å². The molecule has 1 aliphatic carbocycles. The van der Waals surface area contributed by atoms with Crippen molar-refractivity contribution in [1.29, 1.82) is 0 Å². The van der Waals surface area contributed by atoms with E-state index in [1.165, 1.54) is 34.2 Å². The molecule has 0 aromatic carbocycles. The fraction of sp³-hybridized carbons (Fsp3) is 0.571. The maximum atomic E-state index is 14.7. The van der Waals surface area contributed by atoms with Crippen molar-refractivity contribution in [3.05, 3.63) is 42.1 Å². The van der Waals surface area contributed by atoms with Crippen LogP contribution in [-0.2, 0) is 24.8 Å². The number of hydrogen-bond donors (Lipinski definition) is 6. The van der Waals surface area contributed by atoms with Gasteiger partial charge in [0.15, 0.2) is 5.65 Å². The summed E-state index contributed by atoms with van der Waals surface area (Å²) in [6, 6.07) is -1.14. The third-order valence-corrected chi connectivity index (χ3v) is 9.95. The first-order valence-corrected chi connectivity index (χ1v) is 18.2. The molecule has 3 aromatic heterocycles. The number of aliphatic hydroxyl groups is 1. The van der Waals surface area contributed by atoms with Crippen LogP contribution < -0.4 is 21.7 Å². The van der Waals surface area contributed by atoms with Gasteiger partial charge < -0.3 is 36.8 Å². The normalized spacial score (nSPS) is 18.8. The molecule has 1 aliphatic heterocycles. The van der Waals surface area contributed by atoms with Crippen molar-refractivity contribution in [3.8, 4) is 0 Å². The molecule has 19 nitrogen and oxygen atoms in total. The van der Waals surface area contributed by atoms with Gasteiger partial charge in [0.2, 0.25) is 17.6 Å². The number of amides is 5. The molecule has 4 heterocycles. The molecular formula is C35H47N11O8. The number of nitrogens with one attached hydrogen (secondary N) is 3. The molecule has 1 unspecified atom stereocenters. The minimum Gasteiger partial charge on any atom is -0.465 e. The summed E-state index contributed by atoms with van der Waals surface area (Å²) < 4.78 is 1.46. The molecule has 290 valence electrons. The number of rotatable bonds is 16. The summed E-state index contributed by atoms with van der Waals surface area (Å²) in [5, 5.41) is 35.6. The number of nitrogens with zero attached hydrogens (tertiary/aromatic N) is 7. The van der Waals surface area contributed by atoms with Crippen LogP contribution >= 0.6 is 0 Å². The number of Topliss-reactive ketones (excluding diaryl/α,β-unsaturated/α-hetero) is 1. The number of hydrogen-bond acceptors (Lipinski definition) is 12. The first kappa shape index (κ1) is 39.6. The van der Waals surface area contributed by atoms with E-state index in [1.807, 2.05) is 0 Å². The predicted octanol–water partition coefficient (Wildman–Crippen LogP) is 0.732. The van der Waals surface area contributed by atoms with Crippen molar-refractivity contribution >= 4 is 46.7 Å². The molecule has 0 bridgehead atoms. The van der Waals surface area contributed by atoms with Crippen molar-refractivity contribution < 1.29 is 39.0 Å². The lowest BCUT2D eigenvalue weighted by atomic mass is 9.84. The van der Waals surface area contributed by atoms with Crippen LogP contribution in [0.25, 0.3) is 11.2 Å². The van der Waals surface area contributed by atoms with E-state index in [0.717, 1.165) is 32.1 Å². The van der Waals surface area contributed by atoms with Gasteiger partial charge in [0.25, 0.3) is 11.8 Å². The fourth-order valence-corrected chi connectivity index (χ4v) is 7.20. The molecule has 54 heavy (non-hydrogen) atoms. The highest BCUT2D eigenvalue weighted by Crippen LogP contribution is 2.33. The molecule has 3 aromatic rings. The Bertz CT molecular complexity index is 1860. The highest BCUT2D eigenvalue weighted by atomic mass is 16.4. The number of fused-ring (bicyclic) bond motifs is 1. The summed E-state index contributed by atoms with van der Waals surface area (Å²) in [5.41, 5.74) is 5.07. The zero-order valence-electron chi connectivity index (χ0n) is 30.3. The first-order valence-electron chi connectivity index (χ1n) is 18.2. The van der Waals surface area contributed by atoms with Gasteiger partial charge in [-0.1, -0.05) is 37.3 Å². The van der Waals surface area contributed by atoms with Crippen LogP contribution in [0.3, 0.4) is 0 Å². The first-order chi connectivity index (χ1) is 25.7. The van der Waals surface area contributed by atoms with Crippen molar-refractivity contribution in [2.24, 2.45) is 11.7 Å². The van der Waals surface area contributed by atoms with Gasteiger partial charge >= 0.3 is 6.09 Å². The molecule has 19 heteroatoms. The van der Waals surface area contributed by atoms with Gasteiger partial charge in [-0.2, -0.15) is 0 Å². The van der Waals surface area contributed by atoms with Crippen LogP contribution in [0, 0.1) is 5.92 Å². The van der Waals surface area contributed by atoms with E-state index in [0.29, 0.717) is 24.1 Å². The largest absolute Gasteiger partial charge is 0.465 e. The predicted molar refractivity (Wildman–Crippen MR) is 190 cm³/mol. The molecule has 2 fully saturated rings. The standard InChI is InChI=1S/C35H47N11O8/c1-35(2,54)27-18-40-44-46(27)21-17-26(32(50)42-22(28(47)29(36)48)10-6-7-13-39-34(52)53)45(19-21)33(51)25(16-20-8-4-3-5-9-20)43-31(49)24-12-11-23-30(41-24)38-15-14-37-23/h11-12,14-15,18,20-22,25-26,39,54H,3-10,13,16-17,19H2,1-2H3,(H2,36,48)(H,42,50)(H,43,49)(H,52,53)/t21-,22?,25+,26-/m0/s1. The summed E-state index contributed by atoms with van der Waals surface area (Å²) in [7, 11) is 0.